The number of likely N-dealkylation sites (N-methyl/N-ethyl adjacent to an activating group) is 1. The van der Waals surface area contributed by atoms with E-state index >= 15 is 0 Å². The van der Waals surface area contributed by atoms with Crippen LogP contribution >= 0.6 is 28.3 Å². The first-order valence-corrected chi connectivity index (χ1v) is 5.81. The Hall–Kier alpha value is -0.780. The number of hydrogen-bond donors (Lipinski definition) is 2. The predicted molar refractivity (Wildman–Crippen MR) is 73.8 cm³/mol. The number of hydrogen-bond acceptors (Lipinski definition) is 3. The van der Waals surface area contributed by atoms with Crippen molar-refractivity contribution in [2.45, 2.75) is 0 Å². The number of nitrogens with one attached hydrogen (secondary N) is 2. The summed E-state index contributed by atoms with van der Waals surface area (Å²) in [7, 11) is 1.84. The fourth-order valence-corrected chi connectivity index (χ4v) is 1.32. The van der Waals surface area contributed by atoms with Gasteiger partial charge in [-0.2, -0.15) is 0 Å². The largest absolute Gasteiger partial charge is 0.484 e. The molecule has 0 aromatic heterocycles. The summed E-state index contributed by atoms with van der Waals surface area (Å²) < 4.78 is 6.28. The van der Waals surface area contributed by atoms with E-state index in [0.29, 0.717) is 12.3 Å². The molecule has 0 atom stereocenters. The molecule has 0 spiro atoms. The second-order valence-corrected chi connectivity index (χ2v) is 4.11. The molecular formula is C11H16BrClN2O2. The quantitative estimate of drug-likeness (QED) is 0.782. The van der Waals surface area contributed by atoms with Crippen molar-refractivity contribution < 1.29 is 9.53 Å². The molecule has 0 aliphatic carbocycles. The SMILES string of the molecule is CNCCNC(=O)COc1ccc(Br)cc1.Cl. The number of carbonyl (C=O) groups excluding carboxylic acids is 1. The lowest BCUT2D eigenvalue weighted by atomic mass is 10.3. The van der Waals surface area contributed by atoms with Gasteiger partial charge in [-0.05, 0) is 31.3 Å². The fraction of sp³-hybridized carbons (Fsp3) is 0.364. The van der Waals surface area contributed by atoms with Crippen LogP contribution in [0.4, 0.5) is 0 Å². The van der Waals surface area contributed by atoms with Crippen molar-refractivity contribution in [1.29, 1.82) is 0 Å². The van der Waals surface area contributed by atoms with Crippen molar-refractivity contribution in [1.82, 2.24) is 10.6 Å². The van der Waals surface area contributed by atoms with Gasteiger partial charge in [0.25, 0.3) is 5.91 Å². The van der Waals surface area contributed by atoms with E-state index in [2.05, 4.69) is 26.6 Å². The molecule has 4 nitrogen and oxygen atoms in total. The summed E-state index contributed by atoms with van der Waals surface area (Å²) in [4.78, 5) is 11.3. The maximum Gasteiger partial charge on any atom is 0.257 e. The van der Waals surface area contributed by atoms with Gasteiger partial charge in [0.05, 0.1) is 0 Å². The Morgan fingerprint density at radius 2 is 1.94 bits per heavy atom. The minimum absolute atomic E-state index is 0. The molecule has 17 heavy (non-hydrogen) atoms. The van der Waals surface area contributed by atoms with E-state index in [4.69, 9.17) is 4.74 Å². The molecule has 1 aromatic carbocycles. The Labute approximate surface area is 116 Å². The highest BCUT2D eigenvalue weighted by Gasteiger charge is 2.01. The topological polar surface area (TPSA) is 50.4 Å². The van der Waals surface area contributed by atoms with Gasteiger partial charge < -0.3 is 15.4 Å². The molecule has 1 amide bonds. The number of benzene rings is 1. The Balaban J connectivity index is 0.00000256. The molecular weight excluding hydrogens is 307 g/mol. The van der Waals surface area contributed by atoms with Gasteiger partial charge in [-0.15, -0.1) is 12.4 Å². The van der Waals surface area contributed by atoms with E-state index in [-0.39, 0.29) is 24.9 Å². The molecule has 0 saturated heterocycles. The first-order chi connectivity index (χ1) is 7.72. The third kappa shape index (κ3) is 7.20. The van der Waals surface area contributed by atoms with Gasteiger partial charge in [0.15, 0.2) is 6.61 Å². The summed E-state index contributed by atoms with van der Waals surface area (Å²) in [6, 6.07) is 7.36. The molecule has 2 N–H and O–H groups in total. The van der Waals surface area contributed by atoms with Crippen LogP contribution in [0.1, 0.15) is 0 Å². The second-order valence-electron chi connectivity index (χ2n) is 3.20. The molecule has 0 heterocycles. The van der Waals surface area contributed by atoms with Crippen LogP contribution in [0.5, 0.6) is 5.75 Å². The van der Waals surface area contributed by atoms with Crippen LogP contribution in [0.15, 0.2) is 28.7 Å². The van der Waals surface area contributed by atoms with Crippen molar-refractivity contribution in [3.63, 3.8) is 0 Å². The van der Waals surface area contributed by atoms with Gasteiger partial charge in [0, 0.05) is 17.6 Å². The lowest BCUT2D eigenvalue weighted by Gasteiger charge is -2.07. The van der Waals surface area contributed by atoms with Crippen LogP contribution in [0, 0.1) is 0 Å². The van der Waals surface area contributed by atoms with Gasteiger partial charge in [0.1, 0.15) is 5.75 Å². The Morgan fingerprint density at radius 1 is 1.29 bits per heavy atom. The summed E-state index contributed by atoms with van der Waals surface area (Å²) in [6.45, 7) is 1.41. The number of carbonyl (C=O) groups is 1. The molecule has 0 aliphatic heterocycles. The smallest absolute Gasteiger partial charge is 0.257 e. The Kier molecular flexibility index (Phi) is 8.85. The van der Waals surface area contributed by atoms with Crippen LogP contribution in [-0.4, -0.2) is 32.7 Å². The van der Waals surface area contributed by atoms with Crippen LogP contribution < -0.4 is 15.4 Å². The van der Waals surface area contributed by atoms with E-state index in [1.165, 1.54) is 0 Å². The van der Waals surface area contributed by atoms with Crippen molar-refractivity contribution in [2.75, 3.05) is 26.7 Å². The molecule has 0 saturated carbocycles. The Bertz CT molecular complexity index is 333. The van der Waals surface area contributed by atoms with Crippen molar-refractivity contribution in [3.8, 4) is 5.75 Å². The fourth-order valence-electron chi connectivity index (χ4n) is 1.06. The highest BCUT2D eigenvalue weighted by atomic mass is 79.9. The van der Waals surface area contributed by atoms with Gasteiger partial charge in [0.2, 0.25) is 0 Å². The normalized spacial score (nSPS) is 9.29. The van der Waals surface area contributed by atoms with Crippen LogP contribution in [0.3, 0.4) is 0 Å². The van der Waals surface area contributed by atoms with Gasteiger partial charge >= 0.3 is 0 Å². The van der Waals surface area contributed by atoms with Crippen molar-refractivity contribution in [3.05, 3.63) is 28.7 Å². The average Bonchev–Trinajstić information content (AvgIpc) is 2.29. The zero-order valence-electron chi connectivity index (χ0n) is 9.53. The van der Waals surface area contributed by atoms with Crippen LogP contribution in [0.2, 0.25) is 0 Å². The summed E-state index contributed by atoms with van der Waals surface area (Å²) in [5, 5.41) is 5.67. The lowest BCUT2D eigenvalue weighted by molar-refractivity contribution is -0.123. The molecule has 0 fully saturated rings. The van der Waals surface area contributed by atoms with E-state index in [1.54, 1.807) is 0 Å². The summed E-state index contributed by atoms with van der Waals surface area (Å²) >= 11 is 3.33. The highest BCUT2D eigenvalue weighted by molar-refractivity contribution is 9.10. The number of halogens is 2. The molecule has 6 heteroatoms. The standard InChI is InChI=1S/C11H15BrN2O2.ClH/c1-13-6-7-14-11(15)8-16-10-4-2-9(12)3-5-10;/h2-5,13H,6-8H2,1H3,(H,14,15);1H. The van der Waals surface area contributed by atoms with E-state index in [0.717, 1.165) is 11.0 Å². The van der Waals surface area contributed by atoms with E-state index in [1.807, 2.05) is 31.3 Å². The number of amides is 1. The van der Waals surface area contributed by atoms with E-state index < -0.39 is 0 Å². The average molecular weight is 324 g/mol. The lowest BCUT2D eigenvalue weighted by Crippen LogP contribution is -2.33. The Morgan fingerprint density at radius 3 is 2.53 bits per heavy atom. The molecule has 1 aromatic rings. The molecule has 0 bridgehead atoms. The third-order valence-corrected chi connectivity index (χ3v) is 2.41. The molecule has 96 valence electrons. The maximum atomic E-state index is 11.3. The zero-order chi connectivity index (χ0) is 11.8. The number of rotatable bonds is 6. The zero-order valence-corrected chi connectivity index (χ0v) is 11.9. The summed E-state index contributed by atoms with van der Waals surface area (Å²) in [5.74, 6) is 0.574. The monoisotopic (exact) mass is 322 g/mol. The molecule has 0 aliphatic rings. The summed E-state index contributed by atoms with van der Waals surface area (Å²) in [6.07, 6.45) is 0. The minimum atomic E-state index is -0.113. The van der Waals surface area contributed by atoms with Gasteiger partial charge in [-0.25, -0.2) is 0 Å². The highest BCUT2D eigenvalue weighted by Crippen LogP contribution is 2.15. The molecule has 0 radical (unpaired) electrons. The van der Waals surface area contributed by atoms with E-state index in [9.17, 15) is 4.79 Å². The number of ether oxygens (including phenoxy) is 1. The van der Waals surface area contributed by atoms with Crippen LogP contribution in [-0.2, 0) is 4.79 Å². The first-order valence-electron chi connectivity index (χ1n) is 5.02. The molecule has 0 unspecified atom stereocenters. The second kappa shape index (κ2) is 9.27. The first kappa shape index (κ1) is 16.2. The summed E-state index contributed by atoms with van der Waals surface area (Å²) in [5.41, 5.74) is 0. The van der Waals surface area contributed by atoms with Gasteiger partial charge in [-0.3, -0.25) is 4.79 Å². The molecule has 1 rings (SSSR count). The van der Waals surface area contributed by atoms with Crippen molar-refractivity contribution in [2.24, 2.45) is 0 Å². The van der Waals surface area contributed by atoms with Crippen LogP contribution in [0.25, 0.3) is 0 Å². The maximum absolute atomic E-state index is 11.3. The third-order valence-electron chi connectivity index (χ3n) is 1.88. The minimum Gasteiger partial charge on any atom is -0.484 e. The van der Waals surface area contributed by atoms with Gasteiger partial charge in [-0.1, -0.05) is 15.9 Å². The predicted octanol–water partition coefficient (Wildman–Crippen LogP) is 1.59. The van der Waals surface area contributed by atoms with Crippen molar-refractivity contribution >= 4 is 34.2 Å².